The lowest BCUT2D eigenvalue weighted by Gasteiger charge is -2.16. The molecule has 1 aromatic heterocycles. The molecule has 0 spiro atoms. The van der Waals surface area contributed by atoms with E-state index in [1.165, 1.54) is 0 Å². The number of hydrogen-bond acceptors (Lipinski definition) is 2. The van der Waals surface area contributed by atoms with Gasteiger partial charge in [0.2, 0.25) is 11.8 Å². The highest BCUT2D eigenvalue weighted by molar-refractivity contribution is 5.97. The van der Waals surface area contributed by atoms with Crippen LogP contribution in [0.25, 0.3) is 10.9 Å². The zero-order valence-electron chi connectivity index (χ0n) is 14.5. The van der Waals surface area contributed by atoms with E-state index >= 15 is 0 Å². The van der Waals surface area contributed by atoms with E-state index in [1.807, 2.05) is 48.7 Å². The second kappa shape index (κ2) is 7.04. The fourth-order valence-electron chi connectivity index (χ4n) is 3.48. The van der Waals surface area contributed by atoms with E-state index in [1.54, 1.807) is 4.90 Å². The molecule has 4 rings (SSSR count). The minimum Gasteiger partial charge on any atom is -0.361 e. The summed E-state index contributed by atoms with van der Waals surface area (Å²) in [6.45, 7) is 0.747. The highest BCUT2D eigenvalue weighted by Crippen LogP contribution is 2.24. The molecule has 0 unspecified atom stereocenters. The van der Waals surface area contributed by atoms with Crippen molar-refractivity contribution in [2.24, 2.45) is 0 Å². The topological polar surface area (TPSA) is 65.2 Å². The van der Waals surface area contributed by atoms with Crippen LogP contribution in [0, 0.1) is 0 Å². The van der Waals surface area contributed by atoms with Crippen molar-refractivity contribution in [3.8, 4) is 0 Å². The van der Waals surface area contributed by atoms with Crippen LogP contribution in [0.1, 0.15) is 24.8 Å². The van der Waals surface area contributed by atoms with Crippen LogP contribution in [0.3, 0.4) is 0 Å². The molecule has 1 aliphatic rings. The summed E-state index contributed by atoms with van der Waals surface area (Å²) < 4.78 is 0. The number of nitrogens with one attached hydrogen (secondary N) is 2. The molecule has 5 heteroatoms. The van der Waals surface area contributed by atoms with Gasteiger partial charge in [0.1, 0.15) is 0 Å². The van der Waals surface area contributed by atoms with Gasteiger partial charge >= 0.3 is 0 Å². The first kappa shape index (κ1) is 16.4. The number of hydrogen-bond donors (Lipinski definition) is 2. The third kappa shape index (κ3) is 3.33. The molecule has 132 valence electrons. The number of carbonyl (C=O) groups excluding carboxylic acids is 2. The number of para-hydroxylation sites is 1. The lowest BCUT2D eigenvalue weighted by Crippen LogP contribution is -2.23. The number of rotatable bonds is 5. The second-order valence-corrected chi connectivity index (χ2v) is 6.61. The first-order chi connectivity index (χ1) is 12.7. The van der Waals surface area contributed by atoms with Crippen molar-refractivity contribution in [3.63, 3.8) is 0 Å². The predicted octanol–water partition coefficient (Wildman–Crippen LogP) is 3.87. The Balaban J connectivity index is 1.40. The fraction of sp³-hybridized carbons (Fsp3) is 0.238. The van der Waals surface area contributed by atoms with Crippen molar-refractivity contribution in [2.75, 3.05) is 16.8 Å². The maximum Gasteiger partial charge on any atom is 0.227 e. The molecule has 0 bridgehead atoms. The minimum absolute atomic E-state index is 0.0276. The van der Waals surface area contributed by atoms with Gasteiger partial charge in [0.25, 0.3) is 0 Å². The number of carbonyl (C=O) groups is 2. The Morgan fingerprint density at radius 3 is 2.88 bits per heavy atom. The zero-order chi connectivity index (χ0) is 17.9. The summed E-state index contributed by atoms with van der Waals surface area (Å²) in [4.78, 5) is 29.2. The summed E-state index contributed by atoms with van der Waals surface area (Å²) in [5.74, 6) is 0.119. The van der Waals surface area contributed by atoms with Gasteiger partial charge in [0.05, 0.1) is 0 Å². The van der Waals surface area contributed by atoms with Crippen molar-refractivity contribution in [2.45, 2.75) is 25.7 Å². The van der Waals surface area contributed by atoms with Crippen LogP contribution >= 0.6 is 0 Å². The maximum atomic E-state index is 12.3. The van der Waals surface area contributed by atoms with Crippen LogP contribution < -0.4 is 10.2 Å². The molecule has 2 amide bonds. The normalized spacial score (nSPS) is 14.2. The molecule has 0 aliphatic carbocycles. The van der Waals surface area contributed by atoms with Crippen LogP contribution in [0.5, 0.6) is 0 Å². The first-order valence-electron chi connectivity index (χ1n) is 8.96. The molecule has 0 atom stereocenters. The van der Waals surface area contributed by atoms with Crippen molar-refractivity contribution in [1.29, 1.82) is 0 Å². The van der Waals surface area contributed by atoms with Gasteiger partial charge in [-0.2, -0.15) is 0 Å². The van der Waals surface area contributed by atoms with Crippen molar-refractivity contribution in [1.82, 2.24) is 4.98 Å². The quantitative estimate of drug-likeness (QED) is 0.736. The molecule has 0 saturated carbocycles. The Morgan fingerprint density at radius 2 is 2.04 bits per heavy atom. The zero-order valence-corrected chi connectivity index (χ0v) is 14.5. The van der Waals surface area contributed by atoms with E-state index in [2.05, 4.69) is 16.4 Å². The molecule has 1 aliphatic heterocycles. The van der Waals surface area contributed by atoms with E-state index in [0.717, 1.165) is 40.8 Å². The summed E-state index contributed by atoms with van der Waals surface area (Å²) >= 11 is 0. The number of benzene rings is 2. The van der Waals surface area contributed by atoms with E-state index in [4.69, 9.17) is 0 Å². The molecule has 3 aromatic rings. The smallest absolute Gasteiger partial charge is 0.227 e. The SMILES string of the molecule is O=C(CCc1c[nH]c2ccccc12)Nc1cccc(N2CCCC2=O)c1. The van der Waals surface area contributed by atoms with Crippen LogP contribution in [0.4, 0.5) is 11.4 Å². The average molecular weight is 347 g/mol. The molecule has 5 nitrogen and oxygen atoms in total. The molecular weight excluding hydrogens is 326 g/mol. The van der Waals surface area contributed by atoms with Crippen molar-refractivity contribution >= 4 is 34.1 Å². The average Bonchev–Trinajstić information content (AvgIpc) is 3.26. The molecule has 2 heterocycles. The van der Waals surface area contributed by atoms with Gasteiger partial charge in [0.15, 0.2) is 0 Å². The summed E-state index contributed by atoms with van der Waals surface area (Å²) in [5, 5.41) is 4.11. The van der Waals surface area contributed by atoms with E-state index in [0.29, 0.717) is 19.3 Å². The van der Waals surface area contributed by atoms with Crippen molar-refractivity contribution < 1.29 is 9.59 Å². The lowest BCUT2D eigenvalue weighted by atomic mass is 10.1. The Hall–Kier alpha value is -3.08. The van der Waals surface area contributed by atoms with Gasteiger partial charge in [0, 0.05) is 47.9 Å². The Kier molecular flexibility index (Phi) is 4.44. The Morgan fingerprint density at radius 1 is 1.15 bits per heavy atom. The van der Waals surface area contributed by atoms with Crippen molar-refractivity contribution in [3.05, 3.63) is 60.3 Å². The number of aryl methyl sites for hydroxylation is 1. The summed E-state index contributed by atoms with van der Waals surface area (Å²) in [7, 11) is 0. The highest BCUT2D eigenvalue weighted by Gasteiger charge is 2.21. The molecule has 0 radical (unpaired) electrons. The maximum absolute atomic E-state index is 12.3. The number of nitrogens with zero attached hydrogens (tertiary/aromatic N) is 1. The monoisotopic (exact) mass is 347 g/mol. The van der Waals surface area contributed by atoms with Gasteiger partial charge in [-0.3, -0.25) is 9.59 Å². The van der Waals surface area contributed by atoms with Gasteiger partial charge in [-0.15, -0.1) is 0 Å². The van der Waals surface area contributed by atoms with Gasteiger partial charge in [-0.1, -0.05) is 24.3 Å². The third-order valence-electron chi connectivity index (χ3n) is 4.81. The fourth-order valence-corrected chi connectivity index (χ4v) is 3.48. The van der Waals surface area contributed by atoms with Crippen LogP contribution in [0.2, 0.25) is 0 Å². The molecular formula is C21H21N3O2. The summed E-state index contributed by atoms with van der Waals surface area (Å²) in [6.07, 6.45) is 4.55. The number of anilines is 2. The number of amides is 2. The molecule has 2 aromatic carbocycles. The molecule has 2 N–H and O–H groups in total. The Bertz CT molecular complexity index is 961. The standard InChI is InChI=1S/C21H21N3O2/c25-20(11-10-15-14-22-19-8-2-1-7-18(15)19)23-16-5-3-6-17(13-16)24-12-4-9-21(24)26/h1-3,5-8,13-14,22H,4,9-12H2,(H,23,25). The highest BCUT2D eigenvalue weighted by atomic mass is 16.2. The number of aromatic nitrogens is 1. The van der Waals surface area contributed by atoms with Gasteiger partial charge in [-0.05, 0) is 42.7 Å². The summed E-state index contributed by atoms with van der Waals surface area (Å²) in [6, 6.07) is 15.6. The molecule has 1 fully saturated rings. The van der Waals surface area contributed by atoms with Crippen LogP contribution in [-0.2, 0) is 16.0 Å². The largest absolute Gasteiger partial charge is 0.361 e. The molecule has 26 heavy (non-hydrogen) atoms. The predicted molar refractivity (Wildman–Crippen MR) is 103 cm³/mol. The van der Waals surface area contributed by atoms with Crippen LogP contribution in [-0.4, -0.2) is 23.3 Å². The first-order valence-corrected chi connectivity index (χ1v) is 8.96. The van der Waals surface area contributed by atoms with Crippen LogP contribution in [0.15, 0.2) is 54.7 Å². The number of fused-ring (bicyclic) bond motifs is 1. The van der Waals surface area contributed by atoms with Gasteiger partial charge in [-0.25, -0.2) is 0 Å². The van der Waals surface area contributed by atoms with E-state index in [9.17, 15) is 9.59 Å². The van der Waals surface area contributed by atoms with E-state index in [-0.39, 0.29) is 11.8 Å². The number of aromatic amines is 1. The Labute approximate surface area is 152 Å². The minimum atomic E-state index is -0.0276. The van der Waals surface area contributed by atoms with E-state index < -0.39 is 0 Å². The second-order valence-electron chi connectivity index (χ2n) is 6.61. The molecule has 1 saturated heterocycles. The lowest BCUT2D eigenvalue weighted by molar-refractivity contribution is -0.117. The van der Waals surface area contributed by atoms with Gasteiger partial charge < -0.3 is 15.2 Å². The number of H-pyrrole nitrogens is 1. The summed E-state index contributed by atoms with van der Waals surface area (Å²) in [5.41, 5.74) is 3.81. The third-order valence-corrected chi connectivity index (χ3v) is 4.81.